The smallest absolute Gasteiger partial charge is 0.000731 e. The Bertz CT molecular complexity index is 1620. The highest BCUT2D eigenvalue weighted by atomic mass is 14.3. The fourth-order valence-electron chi connectivity index (χ4n) is 6.08. The summed E-state index contributed by atoms with van der Waals surface area (Å²) in [5.41, 5.74) is 13.3. The lowest BCUT2D eigenvalue weighted by Crippen LogP contribution is -2.26. The monoisotopic (exact) mass is 477 g/mol. The van der Waals surface area contributed by atoms with Crippen LogP contribution in [0.1, 0.15) is 79.3 Å². The first-order chi connectivity index (χ1) is 18.0. The second-order valence-corrected chi connectivity index (χ2v) is 10.8. The summed E-state index contributed by atoms with van der Waals surface area (Å²) in [5.74, 6) is 0.799. The van der Waals surface area contributed by atoms with Crippen LogP contribution in [0.2, 0.25) is 0 Å². The van der Waals surface area contributed by atoms with Crippen molar-refractivity contribution in [2.24, 2.45) is 0 Å². The molecule has 0 N–H and O–H groups in total. The van der Waals surface area contributed by atoms with Gasteiger partial charge in [0.1, 0.15) is 0 Å². The molecular weight excluding hydrogens is 444 g/mol. The molecule has 6 rings (SSSR count). The molecule has 0 saturated carbocycles. The average molecular weight is 478 g/mol. The summed E-state index contributed by atoms with van der Waals surface area (Å²) in [4.78, 5) is 0. The van der Waals surface area contributed by atoms with E-state index in [-0.39, 0.29) is 0 Å². The number of allylic oxidation sites excluding steroid dienone is 4. The minimum atomic E-state index is 0.356. The fourth-order valence-corrected chi connectivity index (χ4v) is 6.08. The largest absolute Gasteiger partial charge is 0.0801 e. The van der Waals surface area contributed by atoms with E-state index in [2.05, 4.69) is 137 Å². The van der Waals surface area contributed by atoms with E-state index in [1.54, 1.807) is 0 Å². The molecule has 0 unspecified atom stereocenters. The Morgan fingerprint density at radius 3 is 1.97 bits per heavy atom. The molecule has 4 aromatic rings. The minimum Gasteiger partial charge on any atom is -0.0801 e. The van der Waals surface area contributed by atoms with Crippen LogP contribution >= 0.6 is 0 Å². The summed E-state index contributed by atoms with van der Waals surface area (Å²) in [7, 11) is 0. The van der Waals surface area contributed by atoms with E-state index in [0.717, 1.165) is 6.42 Å². The molecule has 2 aliphatic rings. The highest BCUT2D eigenvalue weighted by Gasteiger charge is 2.26. The van der Waals surface area contributed by atoms with Gasteiger partial charge in [-0.3, -0.25) is 0 Å². The van der Waals surface area contributed by atoms with Crippen LogP contribution in [-0.4, -0.2) is 0 Å². The van der Waals surface area contributed by atoms with Gasteiger partial charge in [0, 0.05) is 0 Å². The SMILES string of the molecule is CC(C)c1cccc2c1-c1cc(=C(c3ccccc3)c3ccccc3)c(C(C)C)c(C3=CC=CC3)c1=[C]2. The van der Waals surface area contributed by atoms with Crippen molar-refractivity contribution in [2.75, 3.05) is 0 Å². The molecule has 0 bridgehead atoms. The number of hydrogen-bond donors (Lipinski definition) is 0. The van der Waals surface area contributed by atoms with Crippen molar-refractivity contribution in [3.8, 4) is 11.1 Å². The molecule has 0 fully saturated rings. The van der Waals surface area contributed by atoms with Crippen LogP contribution in [0, 0.1) is 0 Å². The number of benzene rings is 4. The van der Waals surface area contributed by atoms with Crippen LogP contribution in [0.25, 0.3) is 28.3 Å². The van der Waals surface area contributed by atoms with Crippen molar-refractivity contribution in [1.82, 2.24) is 0 Å². The summed E-state index contributed by atoms with van der Waals surface area (Å²) in [6.45, 7) is 9.28. The third kappa shape index (κ3) is 4.02. The molecule has 2 aliphatic carbocycles. The second-order valence-electron chi connectivity index (χ2n) is 10.8. The molecule has 0 saturated heterocycles. The van der Waals surface area contributed by atoms with E-state index in [1.165, 1.54) is 66.1 Å². The highest BCUT2D eigenvalue weighted by molar-refractivity contribution is 5.92. The summed E-state index contributed by atoms with van der Waals surface area (Å²) >= 11 is 0. The molecule has 37 heavy (non-hydrogen) atoms. The summed E-state index contributed by atoms with van der Waals surface area (Å²) in [5, 5.41) is 2.60. The molecule has 0 spiro atoms. The fraction of sp³-hybridized carbons (Fsp3) is 0.189. The molecular formula is C37H33. The van der Waals surface area contributed by atoms with Gasteiger partial charge in [-0.25, -0.2) is 0 Å². The van der Waals surface area contributed by atoms with Gasteiger partial charge >= 0.3 is 0 Å². The van der Waals surface area contributed by atoms with Crippen molar-refractivity contribution in [2.45, 2.75) is 46.0 Å². The average Bonchev–Trinajstić information content (AvgIpc) is 3.57. The Hall–Kier alpha value is -3.90. The summed E-state index contributed by atoms with van der Waals surface area (Å²) in [6, 6.07) is 31.0. The predicted octanol–water partition coefficient (Wildman–Crippen LogP) is 8.21. The van der Waals surface area contributed by atoms with Gasteiger partial charge in [0.05, 0.1) is 0 Å². The minimum absolute atomic E-state index is 0.356. The Balaban J connectivity index is 1.85. The van der Waals surface area contributed by atoms with Gasteiger partial charge in [0.15, 0.2) is 0 Å². The van der Waals surface area contributed by atoms with Gasteiger partial charge in [0.2, 0.25) is 0 Å². The van der Waals surface area contributed by atoms with E-state index in [4.69, 9.17) is 0 Å². The maximum atomic E-state index is 3.88. The maximum absolute atomic E-state index is 3.88. The number of fused-ring (bicyclic) bond motifs is 3. The molecule has 0 amide bonds. The lowest BCUT2D eigenvalue weighted by molar-refractivity contribution is 0.851. The van der Waals surface area contributed by atoms with Crippen LogP contribution in [0.5, 0.6) is 0 Å². The number of rotatable bonds is 5. The molecule has 181 valence electrons. The van der Waals surface area contributed by atoms with E-state index in [0.29, 0.717) is 11.8 Å². The van der Waals surface area contributed by atoms with Gasteiger partial charge in [-0.05, 0) is 96.5 Å². The second kappa shape index (κ2) is 9.52. The first-order valence-electron chi connectivity index (χ1n) is 13.5. The Labute approximate surface area is 221 Å². The molecule has 0 aliphatic heterocycles. The van der Waals surface area contributed by atoms with E-state index < -0.39 is 0 Å². The summed E-state index contributed by atoms with van der Waals surface area (Å²) < 4.78 is 0. The zero-order valence-corrected chi connectivity index (χ0v) is 22.2. The lowest BCUT2D eigenvalue weighted by atomic mass is 9.82. The van der Waals surface area contributed by atoms with E-state index >= 15 is 0 Å². The zero-order chi connectivity index (χ0) is 25.5. The van der Waals surface area contributed by atoms with Gasteiger partial charge in [0.25, 0.3) is 0 Å². The van der Waals surface area contributed by atoms with Crippen LogP contribution in [0.15, 0.2) is 103 Å². The van der Waals surface area contributed by atoms with E-state index in [1.807, 2.05) is 0 Å². The van der Waals surface area contributed by atoms with Crippen molar-refractivity contribution >= 4 is 17.2 Å². The normalized spacial score (nSPS) is 13.5. The Morgan fingerprint density at radius 2 is 1.41 bits per heavy atom. The van der Waals surface area contributed by atoms with E-state index in [9.17, 15) is 0 Å². The quantitative estimate of drug-likeness (QED) is 0.239. The van der Waals surface area contributed by atoms with Gasteiger partial charge in [-0.1, -0.05) is 125 Å². The molecule has 4 aromatic carbocycles. The molecule has 0 aromatic heterocycles. The van der Waals surface area contributed by atoms with Gasteiger partial charge in [-0.2, -0.15) is 0 Å². The zero-order valence-electron chi connectivity index (χ0n) is 22.2. The van der Waals surface area contributed by atoms with Crippen molar-refractivity contribution in [3.63, 3.8) is 0 Å². The van der Waals surface area contributed by atoms with Gasteiger partial charge < -0.3 is 0 Å². The molecule has 0 atom stereocenters. The standard InChI is InChI=1S/C37H33/c1-24(2)30-21-13-20-29-22-31-32(36(29)30)23-33(34(25(3)4)37(31)28-18-11-12-19-28)35(26-14-7-5-8-15-26)27-16-9-6-10-17-27/h5-18,20-21,23-25H,19H2,1-4H3. The first kappa shape index (κ1) is 23.5. The van der Waals surface area contributed by atoms with Gasteiger partial charge in [-0.15, -0.1) is 0 Å². The molecule has 0 nitrogen and oxygen atoms in total. The van der Waals surface area contributed by atoms with Crippen LogP contribution in [-0.2, 0) is 0 Å². The van der Waals surface area contributed by atoms with Crippen LogP contribution in [0.4, 0.5) is 0 Å². The highest BCUT2D eigenvalue weighted by Crippen LogP contribution is 2.38. The molecule has 0 heterocycles. The van der Waals surface area contributed by atoms with Crippen LogP contribution in [0.3, 0.4) is 0 Å². The topological polar surface area (TPSA) is 0 Å². The molecule has 0 heteroatoms. The van der Waals surface area contributed by atoms with Crippen molar-refractivity contribution in [3.05, 3.63) is 147 Å². The third-order valence-electron chi connectivity index (χ3n) is 7.68. The molecule has 1 radical (unpaired) electrons. The van der Waals surface area contributed by atoms with Crippen molar-refractivity contribution < 1.29 is 0 Å². The van der Waals surface area contributed by atoms with Crippen molar-refractivity contribution in [1.29, 1.82) is 0 Å². The predicted molar refractivity (Wildman–Crippen MR) is 158 cm³/mol. The Kier molecular flexibility index (Phi) is 6.05. The first-order valence-corrected chi connectivity index (χ1v) is 13.5. The number of hydrogen-bond acceptors (Lipinski definition) is 0. The maximum Gasteiger partial charge on any atom is -0.000731 e. The Morgan fingerprint density at radius 1 is 0.730 bits per heavy atom. The third-order valence-corrected chi connectivity index (χ3v) is 7.68. The van der Waals surface area contributed by atoms with Crippen LogP contribution < -0.4 is 10.4 Å². The lowest BCUT2D eigenvalue weighted by Gasteiger charge is -2.21. The summed E-state index contributed by atoms with van der Waals surface area (Å²) in [6.07, 6.45) is 11.6.